The fraction of sp³-hybridized carbons (Fsp3) is 0.375. The van der Waals surface area contributed by atoms with Crippen LogP contribution in [0, 0.1) is 18.3 Å². The average Bonchev–Trinajstić information content (AvgIpc) is 2.61. The normalized spacial score (nSPS) is 23.2. The molecule has 2 unspecified atom stereocenters. The van der Waals surface area contributed by atoms with Crippen molar-refractivity contribution >= 4 is 10.9 Å². The van der Waals surface area contributed by atoms with E-state index in [1.54, 1.807) is 11.1 Å². The molecule has 3 aliphatic carbocycles. The van der Waals surface area contributed by atoms with Gasteiger partial charge in [-0.2, -0.15) is 4.57 Å². The third kappa shape index (κ3) is 1.99. The van der Waals surface area contributed by atoms with Gasteiger partial charge in [-0.05, 0) is 71.9 Å². The Balaban J connectivity index is 1.73. The molecule has 6 rings (SSSR count). The van der Waals surface area contributed by atoms with Crippen LogP contribution in [0.4, 0.5) is 0 Å². The first kappa shape index (κ1) is 15.1. The molecule has 0 saturated heterocycles. The smallest absolute Gasteiger partial charge is 0.194 e. The molecule has 126 valence electrons. The SMILES string of the molecule is Cc1ccccc1-c1ccc2cc3c(cc2[n+]1C)C1CC(C3)C1(C)C. The minimum absolute atomic E-state index is 0.479. The number of nitrogens with zero attached hydrogens (tertiary/aromatic N) is 1. The Labute approximate surface area is 150 Å². The maximum absolute atomic E-state index is 2.49. The molecule has 2 aromatic carbocycles. The Morgan fingerprint density at radius 2 is 1.84 bits per heavy atom. The van der Waals surface area contributed by atoms with Crippen LogP contribution in [0.15, 0.2) is 48.5 Å². The van der Waals surface area contributed by atoms with Gasteiger partial charge in [0, 0.05) is 23.1 Å². The van der Waals surface area contributed by atoms with Crippen molar-refractivity contribution in [3.8, 4) is 11.3 Å². The molecular formula is C24H26N+. The number of hydrogen-bond donors (Lipinski definition) is 0. The van der Waals surface area contributed by atoms with Crippen LogP contribution in [0.5, 0.6) is 0 Å². The summed E-state index contributed by atoms with van der Waals surface area (Å²) in [5.74, 6) is 1.62. The summed E-state index contributed by atoms with van der Waals surface area (Å²) < 4.78 is 2.38. The molecule has 25 heavy (non-hydrogen) atoms. The van der Waals surface area contributed by atoms with Gasteiger partial charge in [0.05, 0.1) is 0 Å². The van der Waals surface area contributed by atoms with Crippen LogP contribution >= 0.6 is 0 Å². The van der Waals surface area contributed by atoms with Gasteiger partial charge in [-0.15, -0.1) is 0 Å². The van der Waals surface area contributed by atoms with E-state index in [4.69, 9.17) is 0 Å². The van der Waals surface area contributed by atoms with Gasteiger partial charge in [-0.1, -0.05) is 32.0 Å². The number of aryl methyl sites for hydroxylation is 2. The Morgan fingerprint density at radius 3 is 2.60 bits per heavy atom. The molecule has 2 atom stereocenters. The van der Waals surface area contributed by atoms with E-state index in [2.05, 4.69) is 80.9 Å². The molecule has 1 aromatic heterocycles. The summed E-state index contributed by atoms with van der Waals surface area (Å²) in [5.41, 5.74) is 9.00. The van der Waals surface area contributed by atoms with E-state index < -0.39 is 0 Å². The molecule has 3 aromatic rings. The second-order valence-electron chi connectivity index (χ2n) is 8.71. The van der Waals surface area contributed by atoms with Crippen LogP contribution in [-0.4, -0.2) is 0 Å². The van der Waals surface area contributed by atoms with Gasteiger partial charge in [0.1, 0.15) is 7.05 Å². The van der Waals surface area contributed by atoms with Crippen LogP contribution in [0.1, 0.15) is 42.9 Å². The number of rotatable bonds is 1. The standard InChI is InChI=1S/C24H26N/c1-15-7-5-6-8-19(15)22-10-9-16-11-17-12-18-13-21(24(18,2)3)20(17)14-23(16)25(22)4/h5-11,14,18,21H,12-13H2,1-4H3/q+1. The number of hydrogen-bond acceptors (Lipinski definition) is 0. The van der Waals surface area contributed by atoms with Crippen molar-refractivity contribution in [3.63, 3.8) is 0 Å². The Hall–Kier alpha value is -2.15. The summed E-state index contributed by atoms with van der Waals surface area (Å²) >= 11 is 0. The summed E-state index contributed by atoms with van der Waals surface area (Å²) in [5, 5.41) is 1.37. The van der Waals surface area contributed by atoms with Gasteiger partial charge in [0.15, 0.2) is 0 Å². The quantitative estimate of drug-likeness (QED) is 0.532. The lowest BCUT2D eigenvalue weighted by Crippen LogP contribution is -2.48. The molecule has 0 aliphatic heterocycles. The van der Waals surface area contributed by atoms with Crippen molar-refractivity contribution in [2.75, 3.05) is 0 Å². The second kappa shape index (κ2) is 4.94. The van der Waals surface area contributed by atoms with E-state index in [-0.39, 0.29) is 0 Å². The van der Waals surface area contributed by atoms with Crippen molar-refractivity contribution in [2.45, 2.75) is 39.5 Å². The highest BCUT2D eigenvalue weighted by atomic mass is 14.9. The summed E-state index contributed by atoms with van der Waals surface area (Å²) in [6.07, 6.45) is 2.64. The van der Waals surface area contributed by atoms with E-state index in [1.165, 1.54) is 40.6 Å². The lowest BCUT2D eigenvalue weighted by Gasteiger charge is -2.57. The molecule has 0 radical (unpaired) electrons. The van der Waals surface area contributed by atoms with Crippen LogP contribution in [0.2, 0.25) is 0 Å². The highest BCUT2D eigenvalue weighted by molar-refractivity contribution is 5.80. The molecule has 3 aliphatic rings. The third-order valence-corrected chi connectivity index (χ3v) is 7.17. The summed E-state index contributed by atoms with van der Waals surface area (Å²) in [6, 6.07) is 18.2. The van der Waals surface area contributed by atoms with E-state index in [0.717, 1.165) is 11.8 Å². The number of aromatic nitrogens is 1. The van der Waals surface area contributed by atoms with Gasteiger partial charge < -0.3 is 0 Å². The minimum Gasteiger partial charge on any atom is -0.194 e. The van der Waals surface area contributed by atoms with Gasteiger partial charge >= 0.3 is 0 Å². The van der Waals surface area contributed by atoms with Crippen molar-refractivity contribution in [3.05, 3.63) is 65.2 Å². The van der Waals surface area contributed by atoms with Crippen molar-refractivity contribution < 1.29 is 4.57 Å². The van der Waals surface area contributed by atoms with Gasteiger partial charge in [0.25, 0.3) is 0 Å². The number of pyridine rings is 1. The Morgan fingerprint density at radius 1 is 1.04 bits per heavy atom. The van der Waals surface area contributed by atoms with Crippen LogP contribution in [0.3, 0.4) is 0 Å². The zero-order chi connectivity index (χ0) is 17.3. The molecule has 1 heterocycles. The Kier molecular flexibility index (Phi) is 2.99. The molecule has 1 nitrogen and oxygen atoms in total. The van der Waals surface area contributed by atoms with Crippen molar-refractivity contribution in [1.82, 2.24) is 0 Å². The van der Waals surface area contributed by atoms with E-state index in [0.29, 0.717) is 5.41 Å². The van der Waals surface area contributed by atoms with Gasteiger partial charge in [-0.25, -0.2) is 0 Å². The lowest BCUT2D eigenvalue weighted by molar-refractivity contribution is -0.633. The molecule has 0 spiro atoms. The van der Waals surface area contributed by atoms with E-state index in [9.17, 15) is 0 Å². The molecule has 1 fully saturated rings. The Bertz CT molecular complexity index is 1010. The van der Waals surface area contributed by atoms with Crippen molar-refractivity contribution in [2.24, 2.45) is 18.4 Å². The summed E-state index contributed by atoms with van der Waals surface area (Å²) in [4.78, 5) is 0. The van der Waals surface area contributed by atoms with Crippen LogP contribution in [0.25, 0.3) is 22.2 Å². The molecule has 1 saturated carbocycles. The average molecular weight is 328 g/mol. The second-order valence-corrected chi connectivity index (χ2v) is 8.71. The number of benzene rings is 2. The van der Waals surface area contributed by atoms with Crippen molar-refractivity contribution in [1.29, 1.82) is 0 Å². The summed E-state index contributed by atoms with van der Waals surface area (Å²) in [6.45, 7) is 7.12. The molecule has 2 bridgehead atoms. The molecule has 0 amide bonds. The first-order valence-corrected chi connectivity index (χ1v) is 9.48. The topological polar surface area (TPSA) is 3.88 Å². The molecule has 1 heteroatoms. The predicted octanol–water partition coefficient (Wildman–Crippen LogP) is 5.33. The lowest BCUT2D eigenvalue weighted by atomic mass is 9.47. The van der Waals surface area contributed by atoms with E-state index >= 15 is 0 Å². The third-order valence-electron chi connectivity index (χ3n) is 7.17. The summed E-state index contributed by atoms with van der Waals surface area (Å²) in [7, 11) is 2.22. The highest BCUT2D eigenvalue weighted by Crippen LogP contribution is 2.62. The fourth-order valence-corrected chi connectivity index (χ4v) is 5.29. The van der Waals surface area contributed by atoms with Gasteiger partial charge in [-0.3, -0.25) is 0 Å². The van der Waals surface area contributed by atoms with E-state index in [1.807, 2.05) is 0 Å². The molecular weight excluding hydrogens is 302 g/mol. The minimum atomic E-state index is 0.479. The van der Waals surface area contributed by atoms with Gasteiger partial charge in [0.2, 0.25) is 11.2 Å². The maximum Gasteiger partial charge on any atom is 0.213 e. The first-order valence-electron chi connectivity index (χ1n) is 9.48. The zero-order valence-electron chi connectivity index (χ0n) is 15.6. The number of fused-ring (bicyclic) bond motifs is 1. The van der Waals surface area contributed by atoms with Crippen LogP contribution in [-0.2, 0) is 13.5 Å². The van der Waals surface area contributed by atoms with Crippen LogP contribution < -0.4 is 4.57 Å². The largest absolute Gasteiger partial charge is 0.213 e. The maximum atomic E-state index is 2.49. The molecule has 0 N–H and O–H groups in total. The fourth-order valence-electron chi connectivity index (χ4n) is 5.29. The monoisotopic (exact) mass is 328 g/mol. The first-order chi connectivity index (χ1) is 12.0. The predicted molar refractivity (Wildman–Crippen MR) is 104 cm³/mol. The zero-order valence-corrected chi connectivity index (χ0v) is 15.6. The highest BCUT2D eigenvalue weighted by Gasteiger charge is 2.52.